The van der Waals surface area contributed by atoms with E-state index in [4.69, 9.17) is 0 Å². The zero-order chi connectivity index (χ0) is 17.4. The highest BCUT2D eigenvalue weighted by Crippen LogP contribution is 2.23. The molecular weight excluding hydrogens is 340 g/mol. The van der Waals surface area contributed by atoms with E-state index in [2.05, 4.69) is 26.0 Å². The van der Waals surface area contributed by atoms with Crippen LogP contribution in [0, 0.1) is 6.92 Å². The van der Waals surface area contributed by atoms with Gasteiger partial charge in [-0.3, -0.25) is 0 Å². The average molecular weight is 367 g/mol. The summed E-state index contributed by atoms with van der Waals surface area (Å²) in [5.74, 6) is 0.739. The van der Waals surface area contributed by atoms with Crippen LogP contribution in [0.2, 0.25) is 0 Å². The van der Waals surface area contributed by atoms with Crippen LogP contribution in [-0.2, 0) is 12.0 Å². The minimum Gasteiger partial charge on any atom is -0.383 e. The molecule has 0 aliphatic carbocycles. The fourth-order valence-corrected chi connectivity index (χ4v) is 3.80. The Labute approximate surface area is 151 Å². The van der Waals surface area contributed by atoms with Crippen LogP contribution >= 0.6 is 22.7 Å². The Morgan fingerprint density at radius 1 is 1.38 bits per heavy atom. The third kappa shape index (κ3) is 5.89. The summed E-state index contributed by atoms with van der Waals surface area (Å²) in [6, 6.07) is 1.94. The molecule has 24 heavy (non-hydrogen) atoms. The number of rotatable bonds is 8. The largest absolute Gasteiger partial charge is 0.383 e. The van der Waals surface area contributed by atoms with Gasteiger partial charge in [-0.15, -0.1) is 11.3 Å². The molecule has 0 radical (unpaired) electrons. The molecule has 0 bridgehead atoms. The number of aryl methyl sites for hydroxylation is 2. The minimum absolute atomic E-state index is 0.324. The van der Waals surface area contributed by atoms with E-state index >= 15 is 0 Å². The van der Waals surface area contributed by atoms with Gasteiger partial charge in [-0.25, -0.2) is 9.98 Å². The van der Waals surface area contributed by atoms with Crippen LogP contribution in [-0.4, -0.2) is 35.7 Å². The summed E-state index contributed by atoms with van der Waals surface area (Å²) in [5, 5.41) is 24.3. The molecule has 0 aliphatic heterocycles. The van der Waals surface area contributed by atoms with E-state index in [9.17, 15) is 5.11 Å². The van der Waals surface area contributed by atoms with Crippen LogP contribution in [0.15, 0.2) is 27.2 Å². The molecule has 1 unspecified atom stereocenters. The number of hydrogen-bond donors (Lipinski definition) is 3. The van der Waals surface area contributed by atoms with Gasteiger partial charge in [-0.2, -0.15) is 11.3 Å². The number of hydrogen-bond acceptors (Lipinski definition) is 5. The predicted molar refractivity (Wildman–Crippen MR) is 103 cm³/mol. The second kappa shape index (κ2) is 9.15. The molecule has 0 aliphatic rings. The first kappa shape index (κ1) is 18.9. The summed E-state index contributed by atoms with van der Waals surface area (Å²) >= 11 is 3.30. The smallest absolute Gasteiger partial charge is 0.191 e. The maximum absolute atomic E-state index is 10.6. The third-order valence-electron chi connectivity index (χ3n) is 3.56. The zero-order valence-electron chi connectivity index (χ0n) is 14.5. The summed E-state index contributed by atoms with van der Waals surface area (Å²) in [6.07, 6.45) is 1.97. The first-order chi connectivity index (χ1) is 11.5. The molecule has 0 saturated heterocycles. The highest BCUT2D eigenvalue weighted by Gasteiger charge is 2.23. The minimum atomic E-state index is -0.944. The van der Waals surface area contributed by atoms with Crippen LogP contribution < -0.4 is 10.6 Å². The van der Waals surface area contributed by atoms with Crippen molar-refractivity contribution in [2.24, 2.45) is 4.99 Å². The molecule has 0 spiro atoms. The molecule has 3 N–H and O–H groups in total. The van der Waals surface area contributed by atoms with E-state index in [0.29, 0.717) is 6.54 Å². The third-order valence-corrected chi connectivity index (χ3v) is 5.27. The fraction of sp³-hybridized carbons (Fsp3) is 0.529. The lowest BCUT2D eigenvalue weighted by molar-refractivity contribution is 0.0677. The van der Waals surface area contributed by atoms with E-state index in [0.717, 1.165) is 43.1 Å². The average Bonchev–Trinajstić information content (AvgIpc) is 3.21. The zero-order valence-corrected chi connectivity index (χ0v) is 16.1. The standard InChI is InChI=1S/C17H26N4OS2/c1-4-18-16(19-8-5-6-15-21-13(2)10-24-15)20-12-17(3,22)14-7-9-23-11-14/h7,9-11,22H,4-6,8,12H2,1-3H3,(H2,18,19,20). The number of nitrogens with zero attached hydrogens (tertiary/aromatic N) is 2. The van der Waals surface area contributed by atoms with Crippen molar-refractivity contribution in [2.45, 2.75) is 39.2 Å². The van der Waals surface area contributed by atoms with Crippen LogP contribution in [0.25, 0.3) is 0 Å². The van der Waals surface area contributed by atoms with Crippen LogP contribution in [0.1, 0.15) is 36.5 Å². The first-order valence-corrected chi connectivity index (χ1v) is 10.0. The second-order valence-corrected chi connectivity index (χ2v) is 7.62. The van der Waals surface area contributed by atoms with Gasteiger partial charge in [0.15, 0.2) is 5.96 Å². The van der Waals surface area contributed by atoms with Crippen molar-refractivity contribution in [3.05, 3.63) is 38.5 Å². The first-order valence-electron chi connectivity index (χ1n) is 8.19. The SMILES string of the molecule is CCNC(=NCC(C)(O)c1ccsc1)NCCCc1nc(C)cs1. The number of thiazole rings is 1. The Bertz CT molecular complexity index is 635. The lowest BCUT2D eigenvalue weighted by Crippen LogP contribution is -2.39. The van der Waals surface area contributed by atoms with E-state index < -0.39 is 5.60 Å². The molecule has 2 aromatic rings. The van der Waals surface area contributed by atoms with Crippen LogP contribution in [0.3, 0.4) is 0 Å². The number of thiophene rings is 1. The molecule has 0 aromatic carbocycles. The molecule has 0 amide bonds. The Morgan fingerprint density at radius 2 is 2.21 bits per heavy atom. The van der Waals surface area contributed by atoms with Crippen molar-refractivity contribution in [3.8, 4) is 0 Å². The summed E-state index contributed by atoms with van der Waals surface area (Å²) < 4.78 is 0. The molecule has 1 atom stereocenters. The molecule has 5 nitrogen and oxygen atoms in total. The van der Waals surface area contributed by atoms with Crippen molar-refractivity contribution in [1.82, 2.24) is 15.6 Å². The van der Waals surface area contributed by atoms with E-state index in [-0.39, 0.29) is 0 Å². The molecule has 0 saturated carbocycles. The quantitative estimate of drug-likeness (QED) is 0.382. The molecule has 132 valence electrons. The van der Waals surface area contributed by atoms with Gasteiger partial charge in [0.05, 0.1) is 11.6 Å². The van der Waals surface area contributed by atoms with Gasteiger partial charge < -0.3 is 15.7 Å². The van der Waals surface area contributed by atoms with Gasteiger partial charge in [0.1, 0.15) is 5.60 Å². The Morgan fingerprint density at radius 3 is 2.83 bits per heavy atom. The van der Waals surface area contributed by atoms with Crippen LogP contribution in [0.4, 0.5) is 0 Å². The molecule has 2 heterocycles. The van der Waals surface area contributed by atoms with E-state index in [1.54, 1.807) is 29.6 Å². The summed E-state index contributed by atoms with van der Waals surface area (Å²) in [6.45, 7) is 7.79. The number of aliphatic imine (C=N–C) groups is 1. The molecule has 2 aromatic heterocycles. The topological polar surface area (TPSA) is 69.5 Å². The number of aromatic nitrogens is 1. The van der Waals surface area contributed by atoms with Gasteiger partial charge in [-0.05, 0) is 49.6 Å². The van der Waals surface area contributed by atoms with Gasteiger partial charge in [0.2, 0.25) is 0 Å². The monoisotopic (exact) mass is 366 g/mol. The maximum atomic E-state index is 10.6. The van der Waals surface area contributed by atoms with E-state index in [1.165, 1.54) is 5.01 Å². The van der Waals surface area contributed by atoms with Crippen molar-refractivity contribution in [3.63, 3.8) is 0 Å². The Hall–Kier alpha value is -1.44. The number of aliphatic hydroxyl groups is 1. The normalized spacial score (nSPS) is 14.4. The van der Waals surface area contributed by atoms with Crippen molar-refractivity contribution in [2.75, 3.05) is 19.6 Å². The second-order valence-electron chi connectivity index (χ2n) is 5.89. The van der Waals surface area contributed by atoms with Gasteiger partial charge in [-0.1, -0.05) is 0 Å². The lowest BCUT2D eigenvalue weighted by atomic mass is 10.00. The van der Waals surface area contributed by atoms with E-state index in [1.807, 2.05) is 30.7 Å². The molecule has 2 rings (SSSR count). The molecule has 0 fully saturated rings. The van der Waals surface area contributed by atoms with Gasteiger partial charge in [0, 0.05) is 30.6 Å². The number of nitrogens with one attached hydrogen (secondary N) is 2. The van der Waals surface area contributed by atoms with Crippen molar-refractivity contribution in [1.29, 1.82) is 0 Å². The summed E-state index contributed by atoms with van der Waals surface area (Å²) in [5.41, 5.74) is 1.06. The van der Waals surface area contributed by atoms with Crippen LogP contribution in [0.5, 0.6) is 0 Å². The summed E-state index contributed by atoms with van der Waals surface area (Å²) in [7, 11) is 0. The lowest BCUT2D eigenvalue weighted by Gasteiger charge is -2.21. The highest BCUT2D eigenvalue weighted by molar-refractivity contribution is 7.09. The molecule has 7 heteroatoms. The van der Waals surface area contributed by atoms with Crippen molar-refractivity contribution >= 4 is 28.6 Å². The Kier molecular flexibility index (Phi) is 7.20. The Balaban J connectivity index is 1.82. The predicted octanol–water partition coefficient (Wildman–Crippen LogP) is 2.91. The number of guanidine groups is 1. The van der Waals surface area contributed by atoms with Gasteiger partial charge >= 0.3 is 0 Å². The van der Waals surface area contributed by atoms with Crippen molar-refractivity contribution < 1.29 is 5.11 Å². The van der Waals surface area contributed by atoms with Gasteiger partial charge in [0.25, 0.3) is 0 Å². The maximum Gasteiger partial charge on any atom is 0.191 e. The summed E-state index contributed by atoms with van der Waals surface area (Å²) in [4.78, 5) is 9.00. The fourth-order valence-electron chi connectivity index (χ4n) is 2.20. The highest BCUT2D eigenvalue weighted by atomic mass is 32.1. The molecular formula is C17H26N4OS2.